The fourth-order valence-corrected chi connectivity index (χ4v) is 3.41. The quantitative estimate of drug-likeness (QED) is 0.820. The molecule has 0 bridgehead atoms. The summed E-state index contributed by atoms with van der Waals surface area (Å²) < 4.78 is 50.8. The smallest absolute Gasteiger partial charge is 0.387 e. The van der Waals surface area contributed by atoms with Gasteiger partial charge in [-0.3, -0.25) is 4.79 Å². The van der Waals surface area contributed by atoms with Crippen LogP contribution in [0.15, 0.2) is 40.6 Å². The molecule has 0 radical (unpaired) electrons. The summed E-state index contributed by atoms with van der Waals surface area (Å²) in [7, 11) is -3.77. The Bertz CT molecular complexity index is 806. The van der Waals surface area contributed by atoms with Crippen molar-refractivity contribution in [1.82, 2.24) is 5.32 Å². The fourth-order valence-electron chi connectivity index (χ4n) is 1.69. The Hall–Kier alpha value is -2.04. The molecule has 6 nitrogen and oxygen atoms in total. The maximum atomic E-state index is 12.1. The maximum Gasteiger partial charge on any atom is 0.387 e. The van der Waals surface area contributed by atoms with Gasteiger partial charge in [-0.25, -0.2) is 13.6 Å². The van der Waals surface area contributed by atoms with Gasteiger partial charge in [0.05, 0.1) is 6.54 Å². The van der Waals surface area contributed by atoms with Crippen molar-refractivity contribution in [3.8, 4) is 5.75 Å². The van der Waals surface area contributed by atoms with E-state index in [9.17, 15) is 22.0 Å². The zero-order chi connectivity index (χ0) is 17.0. The molecule has 1 heterocycles. The van der Waals surface area contributed by atoms with Crippen LogP contribution in [0.1, 0.15) is 15.2 Å². The van der Waals surface area contributed by atoms with Gasteiger partial charge in [0.2, 0.25) is 10.0 Å². The number of primary sulfonamides is 1. The number of carbonyl (C=O) groups excluding carboxylic acids is 1. The molecule has 124 valence electrons. The van der Waals surface area contributed by atoms with Gasteiger partial charge in [0.1, 0.15) is 9.96 Å². The van der Waals surface area contributed by atoms with Crippen LogP contribution in [0.2, 0.25) is 0 Å². The SMILES string of the molecule is NS(=O)(=O)c1ccc(CNC(=O)c2cccc(OC(F)F)c2)s1. The highest BCUT2D eigenvalue weighted by atomic mass is 32.2. The number of alkyl halides is 2. The number of benzene rings is 1. The summed E-state index contributed by atoms with van der Waals surface area (Å²) in [6.45, 7) is -2.89. The lowest BCUT2D eigenvalue weighted by Gasteiger charge is -2.07. The summed E-state index contributed by atoms with van der Waals surface area (Å²) >= 11 is 0.937. The molecular formula is C13H12F2N2O4S2. The number of thiophene rings is 1. The van der Waals surface area contributed by atoms with Crippen LogP contribution in [0.3, 0.4) is 0 Å². The van der Waals surface area contributed by atoms with Crippen LogP contribution in [0.4, 0.5) is 8.78 Å². The molecule has 0 saturated carbocycles. The molecule has 2 aromatic rings. The van der Waals surface area contributed by atoms with Gasteiger partial charge < -0.3 is 10.1 Å². The molecule has 0 aliphatic carbocycles. The summed E-state index contributed by atoms with van der Waals surface area (Å²) in [6.07, 6.45) is 0. The topological polar surface area (TPSA) is 98.5 Å². The second-order valence-electron chi connectivity index (χ2n) is 4.35. The maximum absolute atomic E-state index is 12.1. The molecule has 1 amide bonds. The minimum atomic E-state index is -3.77. The highest BCUT2D eigenvalue weighted by Crippen LogP contribution is 2.20. The van der Waals surface area contributed by atoms with Crippen molar-refractivity contribution in [3.63, 3.8) is 0 Å². The second-order valence-corrected chi connectivity index (χ2v) is 7.31. The Balaban J connectivity index is 2.01. The van der Waals surface area contributed by atoms with Gasteiger partial charge in [-0.15, -0.1) is 11.3 Å². The van der Waals surface area contributed by atoms with Crippen molar-refractivity contribution < 1.29 is 26.7 Å². The molecule has 10 heteroatoms. The second kappa shape index (κ2) is 7.02. The number of sulfonamides is 1. The van der Waals surface area contributed by atoms with Crippen LogP contribution >= 0.6 is 11.3 Å². The normalized spacial score (nSPS) is 11.5. The standard InChI is InChI=1S/C13H12F2N2O4S2/c14-13(15)21-9-3-1-2-8(6-9)12(18)17-7-10-4-5-11(22-10)23(16,19)20/h1-6,13H,7H2,(H,17,18)(H2,16,19,20). The third-order valence-electron chi connectivity index (χ3n) is 2.66. The number of rotatable bonds is 6. The van der Waals surface area contributed by atoms with Crippen molar-refractivity contribution in [3.05, 3.63) is 46.8 Å². The zero-order valence-electron chi connectivity index (χ0n) is 11.5. The summed E-state index contributed by atoms with van der Waals surface area (Å²) in [5, 5.41) is 7.55. The zero-order valence-corrected chi connectivity index (χ0v) is 13.2. The van der Waals surface area contributed by atoms with Gasteiger partial charge >= 0.3 is 6.61 Å². The lowest BCUT2D eigenvalue weighted by Crippen LogP contribution is -2.22. The molecule has 0 aliphatic rings. The lowest BCUT2D eigenvalue weighted by atomic mass is 10.2. The van der Waals surface area contributed by atoms with E-state index in [1.54, 1.807) is 0 Å². The van der Waals surface area contributed by atoms with Crippen LogP contribution in [0.25, 0.3) is 0 Å². The number of carbonyl (C=O) groups is 1. The molecule has 1 aromatic heterocycles. The van der Waals surface area contributed by atoms with E-state index in [1.165, 1.54) is 36.4 Å². The van der Waals surface area contributed by atoms with Crippen molar-refractivity contribution in [2.45, 2.75) is 17.4 Å². The Kier molecular flexibility index (Phi) is 5.29. The van der Waals surface area contributed by atoms with E-state index in [0.717, 1.165) is 11.3 Å². The first kappa shape index (κ1) is 17.3. The Morgan fingerprint density at radius 2 is 2.04 bits per heavy atom. The predicted molar refractivity (Wildman–Crippen MR) is 79.9 cm³/mol. The van der Waals surface area contributed by atoms with Crippen molar-refractivity contribution in [2.75, 3.05) is 0 Å². The van der Waals surface area contributed by atoms with Crippen LogP contribution < -0.4 is 15.2 Å². The van der Waals surface area contributed by atoms with Crippen LogP contribution in [0, 0.1) is 0 Å². The van der Waals surface area contributed by atoms with Crippen LogP contribution in [0.5, 0.6) is 5.75 Å². The monoisotopic (exact) mass is 362 g/mol. The molecule has 0 atom stereocenters. The Morgan fingerprint density at radius 3 is 2.65 bits per heavy atom. The van der Waals surface area contributed by atoms with Crippen molar-refractivity contribution in [2.24, 2.45) is 5.14 Å². The molecular weight excluding hydrogens is 350 g/mol. The van der Waals surface area contributed by atoms with E-state index in [2.05, 4.69) is 10.1 Å². The lowest BCUT2D eigenvalue weighted by molar-refractivity contribution is -0.0498. The van der Waals surface area contributed by atoms with Gasteiger partial charge in [-0.1, -0.05) is 6.07 Å². The number of halogens is 2. The molecule has 0 aliphatic heterocycles. The minimum absolute atomic E-state index is 0.00548. The largest absolute Gasteiger partial charge is 0.435 e. The average Bonchev–Trinajstić information content (AvgIpc) is 2.93. The summed E-state index contributed by atoms with van der Waals surface area (Å²) in [4.78, 5) is 12.6. The number of ether oxygens (including phenoxy) is 1. The highest BCUT2D eigenvalue weighted by Gasteiger charge is 2.13. The van der Waals surface area contributed by atoms with Crippen LogP contribution in [-0.4, -0.2) is 20.9 Å². The third kappa shape index (κ3) is 4.98. The fraction of sp³-hybridized carbons (Fsp3) is 0.154. The molecule has 0 saturated heterocycles. The molecule has 0 unspecified atom stereocenters. The van der Waals surface area contributed by atoms with E-state index in [0.29, 0.717) is 4.88 Å². The van der Waals surface area contributed by atoms with E-state index < -0.39 is 22.5 Å². The van der Waals surface area contributed by atoms with Gasteiger partial charge in [-0.2, -0.15) is 8.78 Å². The molecule has 0 spiro atoms. The Labute approximate surface area is 134 Å². The van der Waals surface area contributed by atoms with Gasteiger partial charge in [0.15, 0.2) is 0 Å². The van der Waals surface area contributed by atoms with Crippen molar-refractivity contribution >= 4 is 27.3 Å². The molecule has 2 rings (SSSR count). The van der Waals surface area contributed by atoms with Crippen LogP contribution in [-0.2, 0) is 16.6 Å². The van der Waals surface area contributed by atoms with Gasteiger partial charge in [-0.05, 0) is 30.3 Å². The van der Waals surface area contributed by atoms with E-state index in [1.807, 2.05) is 0 Å². The molecule has 0 fully saturated rings. The number of nitrogens with two attached hydrogens (primary N) is 1. The number of nitrogens with one attached hydrogen (secondary N) is 1. The van der Waals surface area contributed by atoms with E-state index in [4.69, 9.17) is 5.14 Å². The summed E-state index contributed by atoms with van der Waals surface area (Å²) in [5.74, 6) is -0.629. The summed E-state index contributed by atoms with van der Waals surface area (Å²) in [5.41, 5.74) is 0.145. The number of amides is 1. The third-order valence-corrected chi connectivity index (χ3v) is 5.19. The first-order valence-corrected chi connectivity index (χ1v) is 8.56. The Morgan fingerprint density at radius 1 is 1.30 bits per heavy atom. The summed E-state index contributed by atoms with van der Waals surface area (Å²) in [6, 6.07) is 8.22. The first-order chi connectivity index (χ1) is 10.8. The van der Waals surface area contributed by atoms with E-state index >= 15 is 0 Å². The molecule has 23 heavy (non-hydrogen) atoms. The highest BCUT2D eigenvalue weighted by molar-refractivity contribution is 7.91. The van der Waals surface area contributed by atoms with Gasteiger partial charge in [0, 0.05) is 10.4 Å². The molecule has 1 aromatic carbocycles. The first-order valence-electron chi connectivity index (χ1n) is 6.20. The average molecular weight is 362 g/mol. The van der Waals surface area contributed by atoms with Crippen molar-refractivity contribution in [1.29, 1.82) is 0 Å². The predicted octanol–water partition coefficient (Wildman–Crippen LogP) is 1.93. The van der Waals surface area contributed by atoms with E-state index in [-0.39, 0.29) is 22.1 Å². The molecule has 3 N–H and O–H groups in total. The number of hydrogen-bond acceptors (Lipinski definition) is 5. The van der Waals surface area contributed by atoms with Gasteiger partial charge in [0.25, 0.3) is 5.91 Å². The minimum Gasteiger partial charge on any atom is -0.435 e. The number of hydrogen-bond donors (Lipinski definition) is 2.